The van der Waals surface area contributed by atoms with Gasteiger partial charge in [0.2, 0.25) is 5.28 Å². The van der Waals surface area contributed by atoms with Gasteiger partial charge < -0.3 is 4.57 Å². The molecule has 6 heteroatoms. The van der Waals surface area contributed by atoms with E-state index in [1.807, 2.05) is 13.8 Å². The van der Waals surface area contributed by atoms with Gasteiger partial charge in [0, 0.05) is 13.1 Å². The Morgan fingerprint density at radius 2 is 1.94 bits per heavy atom. The Labute approximate surface area is 97.7 Å². The Kier molecular flexibility index (Phi) is 2.50. The van der Waals surface area contributed by atoms with Crippen molar-refractivity contribution >= 4 is 22.8 Å². The molecule has 0 aliphatic carbocycles. The fraction of sp³-hybridized carbons (Fsp3) is 0.500. The van der Waals surface area contributed by atoms with E-state index in [-0.39, 0.29) is 16.9 Å². The summed E-state index contributed by atoms with van der Waals surface area (Å²) in [5.74, 6) is 0.655. The Morgan fingerprint density at radius 1 is 1.31 bits per heavy atom. The SMILES string of the molecule is Cc1nc2nc(Cl)n(C)c2c(=O)n1C(C)C. The number of aromatic nitrogens is 4. The van der Waals surface area contributed by atoms with Crippen LogP contribution in [0.15, 0.2) is 4.79 Å². The van der Waals surface area contributed by atoms with Crippen LogP contribution in [-0.2, 0) is 7.05 Å². The van der Waals surface area contributed by atoms with Crippen molar-refractivity contribution in [2.24, 2.45) is 7.05 Å². The molecule has 0 aliphatic rings. The van der Waals surface area contributed by atoms with E-state index in [0.29, 0.717) is 17.0 Å². The summed E-state index contributed by atoms with van der Waals surface area (Å²) >= 11 is 5.87. The van der Waals surface area contributed by atoms with E-state index >= 15 is 0 Å². The van der Waals surface area contributed by atoms with Crippen molar-refractivity contribution in [2.45, 2.75) is 26.8 Å². The van der Waals surface area contributed by atoms with Crippen molar-refractivity contribution in [3.8, 4) is 0 Å². The van der Waals surface area contributed by atoms with E-state index in [0.717, 1.165) is 0 Å². The molecule has 0 fully saturated rings. The van der Waals surface area contributed by atoms with E-state index in [2.05, 4.69) is 9.97 Å². The lowest BCUT2D eigenvalue weighted by atomic mass is 10.3. The molecule has 86 valence electrons. The van der Waals surface area contributed by atoms with Gasteiger partial charge in [-0.2, -0.15) is 4.98 Å². The van der Waals surface area contributed by atoms with Crippen LogP contribution in [-0.4, -0.2) is 19.1 Å². The van der Waals surface area contributed by atoms with Crippen LogP contribution in [0.1, 0.15) is 25.7 Å². The molecule has 0 aromatic carbocycles. The summed E-state index contributed by atoms with van der Waals surface area (Å²) in [4.78, 5) is 20.6. The van der Waals surface area contributed by atoms with Crippen LogP contribution in [0.25, 0.3) is 11.2 Å². The second-order valence-corrected chi connectivity index (χ2v) is 4.38. The Bertz CT molecular complexity index is 611. The minimum Gasteiger partial charge on any atom is -0.312 e. The minimum atomic E-state index is -0.0978. The van der Waals surface area contributed by atoms with Crippen molar-refractivity contribution in [1.82, 2.24) is 19.1 Å². The van der Waals surface area contributed by atoms with E-state index in [1.165, 1.54) is 0 Å². The second kappa shape index (κ2) is 3.59. The van der Waals surface area contributed by atoms with Gasteiger partial charge in [-0.3, -0.25) is 9.36 Å². The summed E-state index contributed by atoms with van der Waals surface area (Å²) in [7, 11) is 1.71. The second-order valence-electron chi connectivity index (χ2n) is 4.04. The molecule has 0 saturated carbocycles. The van der Waals surface area contributed by atoms with Crippen LogP contribution in [0.4, 0.5) is 0 Å². The number of hydrogen-bond donors (Lipinski definition) is 0. The first-order valence-corrected chi connectivity index (χ1v) is 5.42. The third-order valence-electron chi connectivity index (χ3n) is 2.58. The number of rotatable bonds is 1. The predicted molar refractivity (Wildman–Crippen MR) is 62.9 cm³/mol. The summed E-state index contributed by atoms with van der Waals surface area (Å²) in [6, 6.07) is 0.0677. The highest BCUT2D eigenvalue weighted by molar-refractivity contribution is 6.29. The van der Waals surface area contributed by atoms with Gasteiger partial charge in [0.1, 0.15) is 5.82 Å². The van der Waals surface area contributed by atoms with Crippen molar-refractivity contribution < 1.29 is 0 Å². The molecule has 0 saturated heterocycles. The fourth-order valence-corrected chi connectivity index (χ4v) is 2.02. The Morgan fingerprint density at radius 3 is 2.50 bits per heavy atom. The van der Waals surface area contributed by atoms with E-state index < -0.39 is 0 Å². The van der Waals surface area contributed by atoms with Crippen LogP contribution in [0.2, 0.25) is 5.28 Å². The number of nitrogens with zero attached hydrogens (tertiary/aromatic N) is 4. The average molecular weight is 241 g/mol. The highest BCUT2D eigenvalue weighted by Gasteiger charge is 2.16. The zero-order valence-corrected chi connectivity index (χ0v) is 10.4. The minimum absolute atomic E-state index is 0.0677. The van der Waals surface area contributed by atoms with Gasteiger partial charge in [-0.1, -0.05) is 0 Å². The number of aryl methyl sites for hydroxylation is 2. The molecule has 2 rings (SSSR count). The topological polar surface area (TPSA) is 52.7 Å². The molecule has 0 aliphatic heterocycles. The maximum atomic E-state index is 12.2. The lowest BCUT2D eigenvalue weighted by molar-refractivity contribution is 0.553. The average Bonchev–Trinajstić information content (AvgIpc) is 2.41. The Balaban J connectivity index is 2.97. The van der Waals surface area contributed by atoms with Gasteiger partial charge in [0.05, 0.1) is 0 Å². The van der Waals surface area contributed by atoms with Gasteiger partial charge in [-0.15, -0.1) is 0 Å². The number of halogens is 1. The first kappa shape index (κ1) is 11.1. The fourth-order valence-electron chi connectivity index (χ4n) is 1.85. The van der Waals surface area contributed by atoms with Gasteiger partial charge >= 0.3 is 0 Å². The van der Waals surface area contributed by atoms with Crippen molar-refractivity contribution in [3.63, 3.8) is 0 Å². The van der Waals surface area contributed by atoms with Gasteiger partial charge in [0.15, 0.2) is 11.2 Å². The van der Waals surface area contributed by atoms with E-state index in [1.54, 1.807) is 23.1 Å². The van der Waals surface area contributed by atoms with Crippen LogP contribution in [0.3, 0.4) is 0 Å². The maximum Gasteiger partial charge on any atom is 0.280 e. The van der Waals surface area contributed by atoms with Crippen molar-refractivity contribution in [3.05, 3.63) is 21.5 Å². The summed E-state index contributed by atoms with van der Waals surface area (Å²) in [6.07, 6.45) is 0. The van der Waals surface area contributed by atoms with Crippen molar-refractivity contribution in [2.75, 3.05) is 0 Å². The zero-order chi connectivity index (χ0) is 12.0. The predicted octanol–water partition coefficient (Wildman–Crippen LogP) is 1.67. The molecule has 0 radical (unpaired) electrons. The van der Waals surface area contributed by atoms with Crippen LogP contribution in [0.5, 0.6) is 0 Å². The molecule has 2 heterocycles. The molecule has 5 nitrogen and oxygen atoms in total. The molecule has 16 heavy (non-hydrogen) atoms. The number of hydrogen-bond acceptors (Lipinski definition) is 3. The third-order valence-corrected chi connectivity index (χ3v) is 2.91. The van der Waals surface area contributed by atoms with Gasteiger partial charge in [-0.05, 0) is 32.4 Å². The summed E-state index contributed by atoms with van der Waals surface area (Å²) in [6.45, 7) is 5.68. The lowest BCUT2D eigenvalue weighted by Crippen LogP contribution is -2.26. The molecule has 2 aromatic rings. The molecule has 0 N–H and O–H groups in total. The number of fused-ring (bicyclic) bond motifs is 1. The van der Waals surface area contributed by atoms with Crippen molar-refractivity contribution in [1.29, 1.82) is 0 Å². The van der Waals surface area contributed by atoms with Gasteiger partial charge in [0.25, 0.3) is 5.56 Å². The monoisotopic (exact) mass is 240 g/mol. The molecule has 0 bridgehead atoms. The number of imidazole rings is 1. The quantitative estimate of drug-likeness (QED) is 0.713. The normalized spacial score (nSPS) is 11.6. The van der Waals surface area contributed by atoms with Gasteiger partial charge in [-0.25, -0.2) is 4.98 Å². The van der Waals surface area contributed by atoms with Crippen LogP contribution < -0.4 is 5.56 Å². The highest BCUT2D eigenvalue weighted by atomic mass is 35.5. The summed E-state index contributed by atoms with van der Waals surface area (Å²) < 4.78 is 3.20. The summed E-state index contributed by atoms with van der Waals surface area (Å²) in [5.41, 5.74) is 0.760. The maximum absolute atomic E-state index is 12.2. The summed E-state index contributed by atoms with van der Waals surface area (Å²) in [5, 5.41) is 0.278. The Hall–Kier alpha value is -1.36. The zero-order valence-electron chi connectivity index (χ0n) is 9.65. The molecular formula is C10H13ClN4O. The lowest BCUT2D eigenvalue weighted by Gasteiger charge is -2.12. The first-order chi connectivity index (χ1) is 7.43. The molecule has 0 unspecified atom stereocenters. The standard InChI is InChI=1S/C10H13ClN4O/c1-5(2)15-6(3)12-8-7(9(15)16)14(4)10(11)13-8/h5H,1-4H3. The smallest absolute Gasteiger partial charge is 0.280 e. The molecule has 0 spiro atoms. The molecule has 0 atom stereocenters. The molecule has 0 amide bonds. The van der Waals surface area contributed by atoms with E-state index in [9.17, 15) is 4.79 Å². The third kappa shape index (κ3) is 1.43. The van der Waals surface area contributed by atoms with E-state index in [4.69, 9.17) is 11.6 Å². The first-order valence-electron chi connectivity index (χ1n) is 5.04. The molecular weight excluding hydrogens is 228 g/mol. The molecule has 2 aromatic heterocycles. The highest BCUT2D eigenvalue weighted by Crippen LogP contribution is 2.15. The van der Waals surface area contributed by atoms with Crippen LogP contribution >= 0.6 is 11.6 Å². The van der Waals surface area contributed by atoms with Crippen LogP contribution in [0, 0.1) is 6.92 Å². The largest absolute Gasteiger partial charge is 0.312 e.